The normalized spacial score (nSPS) is 23.1. The minimum absolute atomic E-state index is 0.408. The number of hydrogen-bond acceptors (Lipinski definition) is 3. The second-order valence-corrected chi connectivity index (χ2v) is 4.79. The zero-order valence-electron chi connectivity index (χ0n) is 10.3. The van der Waals surface area contributed by atoms with E-state index in [4.69, 9.17) is 5.73 Å². The summed E-state index contributed by atoms with van der Waals surface area (Å²) in [6.07, 6.45) is 2.36. The van der Waals surface area contributed by atoms with Crippen molar-refractivity contribution in [3.05, 3.63) is 29.3 Å². The molecule has 0 spiro atoms. The molecule has 0 aliphatic heterocycles. The van der Waals surface area contributed by atoms with Crippen LogP contribution in [0.3, 0.4) is 0 Å². The van der Waals surface area contributed by atoms with Gasteiger partial charge in [0.05, 0.1) is 23.4 Å². The molecule has 1 fully saturated rings. The van der Waals surface area contributed by atoms with Crippen molar-refractivity contribution in [1.29, 1.82) is 0 Å². The average Bonchev–Trinajstić information content (AvgIpc) is 2.36. The molecule has 2 atom stereocenters. The van der Waals surface area contributed by atoms with Gasteiger partial charge in [0.15, 0.2) is 5.82 Å². The lowest BCUT2D eigenvalue weighted by Gasteiger charge is -2.28. The van der Waals surface area contributed by atoms with Crippen molar-refractivity contribution in [2.75, 3.05) is 5.73 Å². The minimum Gasteiger partial charge on any atom is -0.396 e. The molecular formula is C13H16F2N2O2. The van der Waals surface area contributed by atoms with E-state index in [-0.39, 0.29) is 0 Å². The van der Waals surface area contributed by atoms with Crippen LogP contribution in [0.1, 0.15) is 36.0 Å². The van der Waals surface area contributed by atoms with Crippen LogP contribution in [0.2, 0.25) is 0 Å². The summed E-state index contributed by atoms with van der Waals surface area (Å²) in [5, 5.41) is 12.3. The number of nitrogen functional groups attached to an aromatic ring is 1. The Labute approximate surface area is 109 Å². The maximum atomic E-state index is 13.7. The van der Waals surface area contributed by atoms with Crippen molar-refractivity contribution in [1.82, 2.24) is 5.32 Å². The van der Waals surface area contributed by atoms with Crippen LogP contribution >= 0.6 is 0 Å². The Morgan fingerprint density at radius 1 is 1.32 bits per heavy atom. The third-order valence-electron chi connectivity index (χ3n) is 3.36. The Morgan fingerprint density at radius 2 is 2.00 bits per heavy atom. The number of hydrogen-bond donors (Lipinski definition) is 3. The van der Waals surface area contributed by atoms with E-state index in [1.165, 1.54) is 0 Å². The van der Waals surface area contributed by atoms with Crippen molar-refractivity contribution >= 4 is 11.6 Å². The summed E-state index contributed by atoms with van der Waals surface area (Å²) in [5.41, 5.74) is 4.43. The zero-order valence-corrected chi connectivity index (χ0v) is 10.3. The van der Waals surface area contributed by atoms with Crippen molar-refractivity contribution in [3.63, 3.8) is 0 Å². The number of aliphatic hydroxyl groups is 1. The number of aliphatic hydroxyl groups excluding tert-OH is 1. The second kappa shape index (κ2) is 5.52. The molecule has 1 amide bonds. The molecule has 4 N–H and O–H groups in total. The van der Waals surface area contributed by atoms with Gasteiger partial charge in [-0.2, -0.15) is 0 Å². The molecule has 1 aliphatic carbocycles. The van der Waals surface area contributed by atoms with Gasteiger partial charge < -0.3 is 16.2 Å². The monoisotopic (exact) mass is 270 g/mol. The standard InChI is InChI=1S/C13H16F2N2O2/c14-7-5-8(12(15)9(16)6-7)13(19)17-10-3-1-2-4-11(10)18/h5-6,10-11,18H,1-4,16H2,(H,17,19)/t10-,11-/m1/s1. The smallest absolute Gasteiger partial charge is 0.254 e. The molecule has 0 saturated heterocycles. The highest BCUT2D eigenvalue weighted by Crippen LogP contribution is 2.21. The summed E-state index contributed by atoms with van der Waals surface area (Å²) < 4.78 is 26.8. The molecule has 1 aromatic rings. The topological polar surface area (TPSA) is 75.4 Å². The summed E-state index contributed by atoms with van der Waals surface area (Å²) in [4.78, 5) is 11.9. The third kappa shape index (κ3) is 3.01. The van der Waals surface area contributed by atoms with Gasteiger partial charge in [0.25, 0.3) is 5.91 Å². The van der Waals surface area contributed by atoms with Crippen LogP contribution in [0, 0.1) is 11.6 Å². The summed E-state index contributed by atoms with van der Waals surface area (Å²) >= 11 is 0. The third-order valence-corrected chi connectivity index (χ3v) is 3.36. The van der Waals surface area contributed by atoms with Crippen LogP contribution in [0.25, 0.3) is 0 Å². The van der Waals surface area contributed by atoms with Gasteiger partial charge in [0.1, 0.15) is 5.82 Å². The fraction of sp³-hybridized carbons (Fsp3) is 0.462. The predicted octanol–water partition coefficient (Wildman–Crippen LogP) is 1.58. The molecule has 2 rings (SSSR count). The Morgan fingerprint density at radius 3 is 2.68 bits per heavy atom. The molecule has 4 nitrogen and oxygen atoms in total. The largest absolute Gasteiger partial charge is 0.396 e. The number of halogens is 2. The molecule has 19 heavy (non-hydrogen) atoms. The van der Waals surface area contributed by atoms with Crippen LogP contribution < -0.4 is 11.1 Å². The van der Waals surface area contributed by atoms with Crippen molar-refractivity contribution in [2.45, 2.75) is 37.8 Å². The first-order valence-electron chi connectivity index (χ1n) is 6.22. The molecule has 0 bridgehead atoms. The van der Waals surface area contributed by atoms with Gasteiger partial charge in [-0.25, -0.2) is 8.78 Å². The van der Waals surface area contributed by atoms with Crippen LogP contribution in [-0.4, -0.2) is 23.2 Å². The number of carbonyl (C=O) groups excluding carboxylic acids is 1. The van der Waals surface area contributed by atoms with Gasteiger partial charge in [-0.1, -0.05) is 12.8 Å². The first-order chi connectivity index (χ1) is 8.99. The predicted molar refractivity (Wildman–Crippen MR) is 66.5 cm³/mol. The molecule has 0 aromatic heterocycles. The zero-order chi connectivity index (χ0) is 14.0. The van der Waals surface area contributed by atoms with E-state index < -0.39 is 40.9 Å². The van der Waals surface area contributed by atoms with Crippen LogP contribution in [-0.2, 0) is 0 Å². The lowest BCUT2D eigenvalue weighted by atomic mass is 9.92. The van der Waals surface area contributed by atoms with E-state index in [2.05, 4.69) is 5.32 Å². The van der Waals surface area contributed by atoms with Crippen molar-refractivity contribution in [2.24, 2.45) is 0 Å². The maximum absolute atomic E-state index is 13.7. The fourth-order valence-electron chi connectivity index (χ4n) is 2.30. The van der Waals surface area contributed by atoms with E-state index in [1.54, 1.807) is 0 Å². The van der Waals surface area contributed by atoms with E-state index >= 15 is 0 Å². The lowest BCUT2D eigenvalue weighted by molar-refractivity contribution is 0.0714. The van der Waals surface area contributed by atoms with E-state index in [1.807, 2.05) is 0 Å². The fourth-order valence-corrected chi connectivity index (χ4v) is 2.30. The molecule has 0 unspecified atom stereocenters. The van der Waals surface area contributed by atoms with E-state index in [0.717, 1.165) is 25.0 Å². The Bertz CT molecular complexity index is 494. The van der Waals surface area contributed by atoms with Crippen LogP contribution in [0.4, 0.5) is 14.5 Å². The molecule has 1 aromatic carbocycles. The minimum atomic E-state index is -0.941. The Kier molecular flexibility index (Phi) is 3.99. The van der Waals surface area contributed by atoms with Crippen LogP contribution in [0.15, 0.2) is 12.1 Å². The second-order valence-electron chi connectivity index (χ2n) is 4.79. The molecule has 6 heteroatoms. The highest BCUT2D eigenvalue weighted by Gasteiger charge is 2.26. The summed E-state index contributed by atoms with van der Waals surface area (Å²) in [5.74, 6) is -2.47. The van der Waals surface area contributed by atoms with E-state index in [0.29, 0.717) is 12.8 Å². The molecule has 0 radical (unpaired) electrons. The van der Waals surface area contributed by atoms with Gasteiger partial charge in [-0.05, 0) is 25.0 Å². The SMILES string of the molecule is Nc1cc(F)cc(C(=O)N[C@@H]2CCCC[C@H]2O)c1F. The van der Waals surface area contributed by atoms with Crippen molar-refractivity contribution in [3.8, 4) is 0 Å². The van der Waals surface area contributed by atoms with Gasteiger partial charge in [-0.15, -0.1) is 0 Å². The maximum Gasteiger partial charge on any atom is 0.254 e. The Balaban J connectivity index is 2.15. The highest BCUT2D eigenvalue weighted by molar-refractivity contribution is 5.95. The van der Waals surface area contributed by atoms with Gasteiger partial charge in [0, 0.05) is 0 Å². The van der Waals surface area contributed by atoms with E-state index in [9.17, 15) is 18.7 Å². The summed E-state index contributed by atoms with van der Waals surface area (Å²) in [7, 11) is 0. The number of benzene rings is 1. The highest BCUT2D eigenvalue weighted by atomic mass is 19.1. The number of nitrogens with one attached hydrogen (secondary N) is 1. The van der Waals surface area contributed by atoms with Crippen LogP contribution in [0.5, 0.6) is 0 Å². The number of rotatable bonds is 2. The molecule has 0 heterocycles. The number of nitrogens with two attached hydrogens (primary N) is 1. The average molecular weight is 270 g/mol. The quantitative estimate of drug-likeness (QED) is 0.714. The first kappa shape index (κ1) is 13.7. The lowest BCUT2D eigenvalue weighted by Crippen LogP contribution is -2.45. The number of amides is 1. The molecule has 104 valence electrons. The molecule has 1 aliphatic rings. The summed E-state index contributed by atoms with van der Waals surface area (Å²) in [6, 6.07) is 1.20. The van der Waals surface area contributed by atoms with Gasteiger partial charge in [-0.3, -0.25) is 4.79 Å². The Hall–Kier alpha value is -1.69. The van der Waals surface area contributed by atoms with Crippen molar-refractivity contribution < 1.29 is 18.7 Å². The number of carbonyl (C=O) groups is 1. The number of anilines is 1. The first-order valence-corrected chi connectivity index (χ1v) is 6.22. The van der Waals surface area contributed by atoms with Gasteiger partial charge in [0.2, 0.25) is 0 Å². The van der Waals surface area contributed by atoms with Gasteiger partial charge >= 0.3 is 0 Å². The summed E-state index contributed by atoms with van der Waals surface area (Å²) in [6.45, 7) is 0. The molecule has 1 saturated carbocycles. The molecular weight excluding hydrogens is 254 g/mol.